The van der Waals surface area contributed by atoms with E-state index in [4.69, 9.17) is 20.9 Å². The molecule has 0 unspecified atom stereocenters. The van der Waals surface area contributed by atoms with E-state index in [1.54, 1.807) is 7.11 Å². The zero-order valence-electron chi connectivity index (χ0n) is 14.6. The molecule has 0 aliphatic heterocycles. The number of ether oxygens (including phenoxy) is 1. The van der Waals surface area contributed by atoms with Gasteiger partial charge >= 0.3 is 0 Å². The van der Waals surface area contributed by atoms with Crippen LogP contribution in [0.5, 0.6) is 5.75 Å². The quantitative estimate of drug-likeness (QED) is 0.527. The molecule has 0 saturated carbocycles. The first kappa shape index (κ1) is 17.3. The van der Waals surface area contributed by atoms with Crippen molar-refractivity contribution in [1.29, 1.82) is 0 Å². The molecule has 2 aromatic carbocycles. The summed E-state index contributed by atoms with van der Waals surface area (Å²) in [5.74, 6) is 1.54. The van der Waals surface area contributed by atoms with Crippen molar-refractivity contribution in [3.05, 3.63) is 65.4 Å². The fraction of sp³-hybridized carbons (Fsp3) is 0.150. The van der Waals surface area contributed by atoms with Gasteiger partial charge in [-0.05, 0) is 30.2 Å². The number of aromatic nitrogens is 3. The first-order valence-electron chi connectivity index (χ1n) is 8.48. The number of benzene rings is 2. The van der Waals surface area contributed by atoms with E-state index < -0.39 is 0 Å². The predicted octanol–water partition coefficient (Wildman–Crippen LogP) is 4.60. The Labute approximate surface area is 161 Å². The van der Waals surface area contributed by atoms with Crippen LogP contribution in [0, 0.1) is 0 Å². The summed E-state index contributed by atoms with van der Waals surface area (Å²) in [6.45, 7) is 0.673. The maximum atomic E-state index is 6.12. The van der Waals surface area contributed by atoms with Crippen LogP contribution in [-0.4, -0.2) is 28.8 Å². The van der Waals surface area contributed by atoms with Crippen LogP contribution in [0.25, 0.3) is 22.4 Å². The second kappa shape index (κ2) is 7.63. The number of hydrogen-bond acceptors (Lipinski definition) is 6. The number of para-hydroxylation sites is 1. The van der Waals surface area contributed by atoms with E-state index in [0.29, 0.717) is 28.8 Å². The number of fused-ring (bicyclic) bond motifs is 1. The second-order valence-electron chi connectivity index (χ2n) is 5.93. The van der Waals surface area contributed by atoms with Gasteiger partial charge in [-0.1, -0.05) is 47.1 Å². The number of methoxy groups -OCH3 is 1. The monoisotopic (exact) mass is 380 g/mol. The van der Waals surface area contributed by atoms with Crippen molar-refractivity contribution in [1.82, 2.24) is 15.1 Å². The zero-order chi connectivity index (χ0) is 18.6. The zero-order valence-corrected chi connectivity index (χ0v) is 15.4. The van der Waals surface area contributed by atoms with Crippen molar-refractivity contribution in [3.63, 3.8) is 0 Å². The predicted molar refractivity (Wildman–Crippen MR) is 105 cm³/mol. The average Bonchev–Trinajstić information content (AvgIpc) is 3.13. The van der Waals surface area contributed by atoms with E-state index >= 15 is 0 Å². The van der Waals surface area contributed by atoms with Gasteiger partial charge in [0.05, 0.1) is 7.11 Å². The Morgan fingerprint density at radius 2 is 2.00 bits per heavy atom. The van der Waals surface area contributed by atoms with E-state index in [1.165, 1.54) is 6.33 Å². The Balaban J connectivity index is 1.61. The maximum absolute atomic E-state index is 6.12. The molecule has 7 heteroatoms. The second-order valence-corrected chi connectivity index (χ2v) is 6.37. The molecule has 27 heavy (non-hydrogen) atoms. The highest BCUT2D eigenvalue weighted by Gasteiger charge is 2.17. The molecule has 0 atom stereocenters. The molecular weight excluding hydrogens is 364 g/mol. The van der Waals surface area contributed by atoms with Crippen molar-refractivity contribution >= 4 is 28.5 Å². The Kier molecular flexibility index (Phi) is 4.89. The summed E-state index contributed by atoms with van der Waals surface area (Å²) in [6.07, 6.45) is 2.24. The Morgan fingerprint density at radius 3 is 2.85 bits per heavy atom. The molecule has 0 radical (unpaired) electrons. The lowest BCUT2D eigenvalue weighted by Crippen LogP contribution is -2.07. The summed E-state index contributed by atoms with van der Waals surface area (Å²) in [7, 11) is 1.68. The average molecular weight is 381 g/mol. The van der Waals surface area contributed by atoms with Crippen molar-refractivity contribution in [2.75, 3.05) is 19.0 Å². The van der Waals surface area contributed by atoms with Gasteiger partial charge in [-0.2, -0.15) is 4.98 Å². The molecule has 0 saturated heterocycles. The molecule has 136 valence electrons. The van der Waals surface area contributed by atoms with Gasteiger partial charge in [0.2, 0.25) is 0 Å². The van der Waals surface area contributed by atoms with Gasteiger partial charge in [0.1, 0.15) is 29.0 Å². The SMILES string of the molecule is COc1ccccc1CCNc1ncnc2onc(-c3cccc(Cl)c3)c12. The molecule has 4 rings (SSSR count). The minimum absolute atomic E-state index is 0.430. The Hall–Kier alpha value is -3.12. The molecule has 1 N–H and O–H groups in total. The third-order valence-electron chi connectivity index (χ3n) is 4.25. The van der Waals surface area contributed by atoms with Crippen LogP contribution in [-0.2, 0) is 6.42 Å². The van der Waals surface area contributed by atoms with Gasteiger partial charge in [-0.25, -0.2) is 4.98 Å². The third-order valence-corrected chi connectivity index (χ3v) is 4.49. The third kappa shape index (κ3) is 3.57. The smallest absolute Gasteiger partial charge is 0.263 e. The standard InChI is InChI=1S/C20H17ClN4O2/c1-26-16-8-3-2-5-13(16)9-10-22-19-17-18(14-6-4-7-15(21)11-14)25-27-20(17)24-12-23-19/h2-8,11-12H,9-10H2,1H3,(H,22,23,24). The lowest BCUT2D eigenvalue weighted by molar-refractivity contribution is 0.410. The van der Waals surface area contributed by atoms with Crippen LogP contribution < -0.4 is 10.1 Å². The number of hydrogen-bond donors (Lipinski definition) is 1. The van der Waals surface area contributed by atoms with E-state index in [1.807, 2.05) is 48.5 Å². The highest BCUT2D eigenvalue weighted by molar-refractivity contribution is 6.30. The topological polar surface area (TPSA) is 73.1 Å². The van der Waals surface area contributed by atoms with E-state index in [2.05, 4.69) is 20.4 Å². The van der Waals surface area contributed by atoms with Gasteiger partial charge in [0.15, 0.2) is 0 Å². The summed E-state index contributed by atoms with van der Waals surface area (Å²) < 4.78 is 10.8. The minimum atomic E-state index is 0.430. The normalized spacial score (nSPS) is 10.9. The summed E-state index contributed by atoms with van der Waals surface area (Å²) >= 11 is 6.12. The summed E-state index contributed by atoms with van der Waals surface area (Å²) in [6, 6.07) is 15.4. The lowest BCUT2D eigenvalue weighted by atomic mass is 10.1. The number of halogens is 1. The van der Waals surface area contributed by atoms with Crippen LogP contribution in [0.4, 0.5) is 5.82 Å². The van der Waals surface area contributed by atoms with Crippen molar-refractivity contribution in [3.8, 4) is 17.0 Å². The fourth-order valence-corrected chi connectivity index (χ4v) is 3.17. The minimum Gasteiger partial charge on any atom is -0.496 e. The van der Waals surface area contributed by atoms with Crippen molar-refractivity contribution in [2.45, 2.75) is 6.42 Å². The van der Waals surface area contributed by atoms with E-state index in [-0.39, 0.29) is 0 Å². The number of nitrogens with one attached hydrogen (secondary N) is 1. The van der Waals surface area contributed by atoms with E-state index in [9.17, 15) is 0 Å². The highest BCUT2D eigenvalue weighted by atomic mass is 35.5. The van der Waals surface area contributed by atoms with Gasteiger partial charge in [-0.15, -0.1) is 0 Å². The Morgan fingerprint density at radius 1 is 1.11 bits per heavy atom. The van der Waals surface area contributed by atoms with Gasteiger partial charge in [-0.3, -0.25) is 0 Å². The van der Waals surface area contributed by atoms with Crippen LogP contribution in [0.15, 0.2) is 59.4 Å². The van der Waals surface area contributed by atoms with E-state index in [0.717, 1.165) is 28.7 Å². The molecule has 0 fully saturated rings. The van der Waals surface area contributed by atoms with Crippen LogP contribution in [0.1, 0.15) is 5.56 Å². The lowest BCUT2D eigenvalue weighted by Gasteiger charge is -2.10. The number of anilines is 1. The summed E-state index contributed by atoms with van der Waals surface area (Å²) in [5, 5.41) is 8.89. The van der Waals surface area contributed by atoms with Gasteiger partial charge in [0, 0.05) is 17.1 Å². The van der Waals surface area contributed by atoms with Gasteiger partial charge < -0.3 is 14.6 Å². The number of rotatable bonds is 6. The Bertz CT molecular complexity index is 1080. The van der Waals surface area contributed by atoms with Crippen molar-refractivity contribution < 1.29 is 9.26 Å². The van der Waals surface area contributed by atoms with Gasteiger partial charge in [0.25, 0.3) is 5.71 Å². The fourth-order valence-electron chi connectivity index (χ4n) is 2.98. The molecule has 0 bridgehead atoms. The molecule has 2 heterocycles. The molecule has 0 aliphatic rings. The molecular formula is C20H17ClN4O2. The largest absolute Gasteiger partial charge is 0.496 e. The number of nitrogens with zero attached hydrogens (tertiary/aromatic N) is 3. The van der Waals surface area contributed by atoms with Crippen LogP contribution in [0.2, 0.25) is 5.02 Å². The first-order valence-corrected chi connectivity index (χ1v) is 8.86. The van der Waals surface area contributed by atoms with Crippen LogP contribution in [0.3, 0.4) is 0 Å². The summed E-state index contributed by atoms with van der Waals surface area (Å²) in [4.78, 5) is 8.55. The highest BCUT2D eigenvalue weighted by Crippen LogP contribution is 2.32. The molecule has 2 aromatic heterocycles. The first-order chi connectivity index (χ1) is 13.3. The molecule has 6 nitrogen and oxygen atoms in total. The molecule has 0 aliphatic carbocycles. The van der Waals surface area contributed by atoms with Crippen LogP contribution >= 0.6 is 11.6 Å². The molecule has 0 spiro atoms. The maximum Gasteiger partial charge on any atom is 0.263 e. The molecule has 0 amide bonds. The molecule has 4 aromatic rings. The summed E-state index contributed by atoms with van der Waals surface area (Å²) in [5.41, 5.74) is 3.06. The van der Waals surface area contributed by atoms with Crippen molar-refractivity contribution in [2.24, 2.45) is 0 Å².